The highest BCUT2D eigenvalue weighted by atomic mass is 32.2. The smallest absolute Gasteiger partial charge is 0.188 e. The molecule has 1 rings (SSSR count). The molecular formula is C10H17N3OS. The van der Waals surface area contributed by atoms with Gasteiger partial charge in [0.1, 0.15) is 0 Å². The minimum Gasteiger partial charge on any atom is -0.383 e. The van der Waals surface area contributed by atoms with Gasteiger partial charge in [-0.3, -0.25) is 0 Å². The molecule has 0 bridgehead atoms. The Kier molecular flexibility index (Phi) is 5.01. The highest BCUT2D eigenvalue weighted by molar-refractivity contribution is 7.99. The second-order valence-electron chi connectivity index (χ2n) is 3.46. The molecule has 1 aromatic heterocycles. The molecule has 0 amide bonds. The molecule has 1 atom stereocenters. The van der Waals surface area contributed by atoms with Crippen molar-refractivity contribution < 1.29 is 4.74 Å². The number of nitrogens with zero attached hydrogens (tertiary/aromatic N) is 2. The topological polar surface area (TPSA) is 61.0 Å². The van der Waals surface area contributed by atoms with E-state index in [1.807, 2.05) is 19.9 Å². The summed E-state index contributed by atoms with van der Waals surface area (Å²) < 4.78 is 4.96. The van der Waals surface area contributed by atoms with Gasteiger partial charge in [-0.25, -0.2) is 9.97 Å². The largest absolute Gasteiger partial charge is 0.383 e. The maximum Gasteiger partial charge on any atom is 0.188 e. The number of aromatic nitrogens is 2. The number of rotatable bonds is 5. The summed E-state index contributed by atoms with van der Waals surface area (Å²) in [6, 6.07) is 1.99. The normalized spacial score (nSPS) is 12.8. The summed E-state index contributed by atoms with van der Waals surface area (Å²) in [5.41, 5.74) is 7.79. The van der Waals surface area contributed by atoms with Gasteiger partial charge in [0.05, 0.1) is 6.61 Å². The molecule has 2 N–H and O–H groups in total. The monoisotopic (exact) mass is 227 g/mol. The summed E-state index contributed by atoms with van der Waals surface area (Å²) in [7, 11) is 1.65. The molecule has 1 aromatic rings. The summed E-state index contributed by atoms with van der Waals surface area (Å²) in [4.78, 5) is 8.64. The van der Waals surface area contributed by atoms with E-state index in [2.05, 4.69) is 9.97 Å². The molecule has 0 radical (unpaired) electrons. The van der Waals surface area contributed by atoms with Crippen molar-refractivity contribution in [2.24, 2.45) is 5.73 Å². The molecule has 15 heavy (non-hydrogen) atoms. The van der Waals surface area contributed by atoms with Crippen LogP contribution >= 0.6 is 11.8 Å². The second-order valence-corrected chi connectivity index (χ2v) is 4.45. The summed E-state index contributed by atoms with van der Waals surface area (Å²) in [5, 5.41) is 0.791. The first-order valence-corrected chi connectivity index (χ1v) is 5.80. The molecule has 84 valence electrons. The van der Waals surface area contributed by atoms with Crippen molar-refractivity contribution in [2.45, 2.75) is 25.0 Å². The van der Waals surface area contributed by atoms with Crippen molar-refractivity contribution in [1.82, 2.24) is 9.97 Å². The van der Waals surface area contributed by atoms with Gasteiger partial charge in [-0.2, -0.15) is 0 Å². The molecule has 1 unspecified atom stereocenters. The lowest BCUT2D eigenvalue weighted by Crippen LogP contribution is -2.28. The van der Waals surface area contributed by atoms with E-state index < -0.39 is 0 Å². The highest BCUT2D eigenvalue weighted by Gasteiger charge is 2.05. The third-order valence-electron chi connectivity index (χ3n) is 1.77. The van der Waals surface area contributed by atoms with Gasteiger partial charge in [0, 0.05) is 30.3 Å². The van der Waals surface area contributed by atoms with Crippen LogP contribution in [0.25, 0.3) is 0 Å². The zero-order valence-corrected chi connectivity index (χ0v) is 10.2. The quantitative estimate of drug-likeness (QED) is 0.604. The molecule has 4 nitrogen and oxygen atoms in total. The Morgan fingerprint density at radius 2 is 2.00 bits per heavy atom. The lowest BCUT2D eigenvalue weighted by Gasteiger charge is -2.09. The van der Waals surface area contributed by atoms with Crippen LogP contribution in [0, 0.1) is 13.8 Å². The number of hydrogen-bond donors (Lipinski definition) is 1. The summed E-state index contributed by atoms with van der Waals surface area (Å²) in [6.07, 6.45) is 0. The lowest BCUT2D eigenvalue weighted by atomic mass is 10.4. The van der Waals surface area contributed by atoms with E-state index >= 15 is 0 Å². The molecule has 0 aliphatic heterocycles. The van der Waals surface area contributed by atoms with E-state index in [1.165, 1.54) is 0 Å². The minimum atomic E-state index is 0.0319. The first-order chi connectivity index (χ1) is 7.11. The SMILES string of the molecule is COCC(N)CSc1nc(C)cc(C)n1. The van der Waals surface area contributed by atoms with Crippen molar-refractivity contribution in [3.05, 3.63) is 17.5 Å². The Morgan fingerprint density at radius 1 is 1.40 bits per heavy atom. The van der Waals surface area contributed by atoms with Crippen LogP contribution in [0.1, 0.15) is 11.4 Å². The Balaban J connectivity index is 2.50. The fourth-order valence-corrected chi connectivity index (χ4v) is 2.08. The molecule has 0 saturated carbocycles. The average molecular weight is 227 g/mol. The van der Waals surface area contributed by atoms with Crippen molar-refractivity contribution in [1.29, 1.82) is 0 Å². The van der Waals surface area contributed by atoms with Crippen LogP contribution in [0.4, 0.5) is 0 Å². The van der Waals surface area contributed by atoms with Crippen molar-refractivity contribution in [2.75, 3.05) is 19.5 Å². The van der Waals surface area contributed by atoms with E-state index in [0.717, 1.165) is 22.3 Å². The molecular weight excluding hydrogens is 210 g/mol. The Labute approximate surface area is 94.6 Å². The van der Waals surface area contributed by atoms with Crippen LogP contribution in [0.5, 0.6) is 0 Å². The molecule has 0 aromatic carbocycles. The number of thioether (sulfide) groups is 1. The van der Waals surface area contributed by atoms with Gasteiger partial charge in [0.15, 0.2) is 5.16 Å². The number of ether oxygens (including phenoxy) is 1. The molecule has 0 fully saturated rings. The van der Waals surface area contributed by atoms with Crippen LogP contribution in [-0.4, -0.2) is 35.5 Å². The van der Waals surface area contributed by atoms with Crippen molar-refractivity contribution in [3.63, 3.8) is 0 Å². The summed E-state index contributed by atoms with van der Waals surface area (Å²) >= 11 is 1.57. The van der Waals surface area contributed by atoms with Gasteiger partial charge in [-0.05, 0) is 19.9 Å². The third kappa shape index (κ3) is 4.59. The molecule has 0 aliphatic rings. The van der Waals surface area contributed by atoms with E-state index in [4.69, 9.17) is 10.5 Å². The minimum absolute atomic E-state index is 0.0319. The van der Waals surface area contributed by atoms with Crippen molar-refractivity contribution in [3.8, 4) is 0 Å². The first-order valence-electron chi connectivity index (χ1n) is 4.81. The number of hydrogen-bond acceptors (Lipinski definition) is 5. The van der Waals surface area contributed by atoms with Crippen LogP contribution in [0.2, 0.25) is 0 Å². The average Bonchev–Trinajstić information content (AvgIpc) is 2.14. The number of nitrogens with two attached hydrogens (primary N) is 1. The Bertz CT molecular complexity index is 299. The van der Waals surface area contributed by atoms with Crippen LogP contribution in [0.15, 0.2) is 11.2 Å². The van der Waals surface area contributed by atoms with Crippen LogP contribution < -0.4 is 5.73 Å². The predicted octanol–water partition coefficient (Wildman–Crippen LogP) is 1.16. The first kappa shape index (κ1) is 12.4. The Morgan fingerprint density at radius 3 is 2.53 bits per heavy atom. The van der Waals surface area contributed by atoms with Crippen LogP contribution in [0.3, 0.4) is 0 Å². The van der Waals surface area contributed by atoms with Gasteiger partial charge < -0.3 is 10.5 Å². The van der Waals surface area contributed by atoms with Gasteiger partial charge in [-0.1, -0.05) is 11.8 Å². The van der Waals surface area contributed by atoms with E-state index in [1.54, 1.807) is 18.9 Å². The molecule has 0 spiro atoms. The third-order valence-corrected chi connectivity index (χ3v) is 2.80. The predicted molar refractivity (Wildman–Crippen MR) is 62.1 cm³/mol. The van der Waals surface area contributed by atoms with E-state index in [0.29, 0.717) is 6.61 Å². The summed E-state index contributed by atoms with van der Waals surface area (Å²) in [6.45, 7) is 4.50. The van der Waals surface area contributed by atoms with Crippen molar-refractivity contribution >= 4 is 11.8 Å². The Hall–Kier alpha value is -0.650. The summed E-state index contributed by atoms with van der Waals surface area (Å²) in [5.74, 6) is 0.775. The zero-order valence-electron chi connectivity index (χ0n) is 9.36. The molecule has 0 aliphatic carbocycles. The van der Waals surface area contributed by atoms with Gasteiger partial charge in [0.2, 0.25) is 0 Å². The second kappa shape index (κ2) is 6.05. The molecule has 5 heteroatoms. The number of methoxy groups -OCH3 is 1. The highest BCUT2D eigenvalue weighted by Crippen LogP contribution is 2.14. The van der Waals surface area contributed by atoms with E-state index in [9.17, 15) is 0 Å². The van der Waals surface area contributed by atoms with Gasteiger partial charge >= 0.3 is 0 Å². The molecule has 0 saturated heterocycles. The zero-order chi connectivity index (χ0) is 11.3. The molecule has 1 heterocycles. The number of aryl methyl sites for hydroxylation is 2. The fourth-order valence-electron chi connectivity index (χ4n) is 1.20. The van der Waals surface area contributed by atoms with Crippen LogP contribution in [-0.2, 0) is 4.74 Å². The maximum atomic E-state index is 5.81. The lowest BCUT2D eigenvalue weighted by molar-refractivity contribution is 0.186. The van der Waals surface area contributed by atoms with Gasteiger partial charge in [0.25, 0.3) is 0 Å². The standard InChI is InChI=1S/C10H17N3OS/c1-7-4-8(2)13-10(12-7)15-6-9(11)5-14-3/h4,9H,5-6,11H2,1-3H3. The van der Waals surface area contributed by atoms with Gasteiger partial charge in [-0.15, -0.1) is 0 Å². The maximum absolute atomic E-state index is 5.81. The van der Waals surface area contributed by atoms with E-state index in [-0.39, 0.29) is 6.04 Å². The fraction of sp³-hybridized carbons (Fsp3) is 0.600.